The van der Waals surface area contributed by atoms with Crippen LogP contribution < -0.4 is 14.8 Å². The number of hydrogen-bond acceptors (Lipinski definition) is 5. The molecule has 2 rings (SSSR count). The molecule has 1 amide bonds. The molecule has 1 heterocycles. The Balaban J connectivity index is 1.95. The zero-order valence-electron chi connectivity index (χ0n) is 15.8. The highest BCUT2D eigenvalue weighted by atomic mass is 32.2. The molecule has 1 aliphatic heterocycles. The maximum atomic E-state index is 12.5. The van der Waals surface area contributed by atoms with Gasteiger partial charge >= 0.3 is 0 Å². The summed E-state index contributed by atoms with van der Waals surface area (Å²) in [7, 11) is -0.376. The molecule has 0 bridgehead atoms. The lowest BCUT2D eigenvalue weighted by atomic mass is 9.94. The highest BCUT2D eigenvalue weighted by Crippen LogP contribution is 2.24. The Morgan fingerprint density at radius 2 is 1.65 bits per heavy atom. The summed E-state index contributed by atoms with van der Waals surface area (Å²) in [4.78, 5) is 12.3. The summed E-state index contributed by atoms with van der Waals surface area (Å²) in [6.07, 6.45) is 1.04. The van der Waals surface area contributed by atoms with Gasteiger partial charge in [0, 0.05) is 31.3 Å². The lowest BCUT2D eigenvalue weighted by Gasteiger charge is -2.34. The van der Waals surface area contributed by atoms with Crippen LogP contribution in [0.5, 0.6) is 11.5 Å². The summed E-state index contributed by atoms with van der Waals surface area (Å²) < 4.78 is 36.9. The van der Waals surface area contributed by atoms with Crippen LogP contribution in [0.1, 0.15) is 30.6 Å². The molecule has 7 nitrogen and oxygen atoms in total. The van der Waals surface area contributed by atoms with Crippen molar-refractivity contribution in [1.82, 2.24) is 9.62 Å². The quantitative estimate of drug-likeness (QED) is 0.774. The number of methoxy groups -OCH3 is 2. The maximum absolute atomic E-state index is 12.5. The normalized spacial score (nSPS) is 21.2. The van der Waals surface area contributed by atoms with Gasteiger partial charge in [-0.15, -0.1) is 0 Å². The maximum Gasteiger partial charge on any atom is 0.251 e. The number of carbonyl (C=O) groups is 1. The van der Waals surface area contributed by atoms with Gasteiger partial charge in [-0.3, -0.25) is 4.79 Å². The Labute approximate surface area is 155 Å². The summed E-state index contributed by atoms with van der Waals surface area (Å²) in [6, 6.07) is 4.83. The number of hydrogen-bond donors (Lipinski definition) is 1. The summed E-state index contributed by atoms with van der Waals surface area (Å²) in [5.74, 6) is 1.23. The fourth-order valence-electron chi connectivity index (χ4n) is 3.30. The van der Waals surface area contributed by atoms with E-state index in [4.69, 9.17) is 9.47 Å². The SMILES string of the molecule is COc1cc(OC)cc(C(=O)NCCS(=O)(=O)N2C[C@H](C)C[C@H](C)C2)c1. The first-order valence-corrected chi connectivity index (χ1v) is 10.3. The second kappa shape index (κ2) is 8.73. The minimum absolute atomic E-state index is 0.0555. The van der Waals surface area contributed by atoms with E-state index in [1.165, 1.54) is 14.2 Å². The number of piperidine rings is 1. The van der Waals surface area contributed by atoms with Crippen LogP contribution in [0.3, 0.4) is 0 Å². The van der Waals surface area contributed by atoms with Crippen LogP contribution in [0.2, 0.25) is 0 Å². The van der Waals surface area contributed by atoms with Crippen molar-refractivity contribution in [2.45, 2.75) is 20.3 Å². The third-order valence-electron chi connectivity index (χ3n) is 4.49. The molecule has 0 saturated carbocycles. The van der Waals surface area contributed by atoms with Gasteiger partial charge in [0.25, 0.3) is 5.91 Å². The molecule has 26 heavy (non-hydrogen) atoms. The standard InChI is InChI=1S/C18H28N2O5S/c1-13-7-14(2)12-20(11-13)26(22,23)6-5-19-18(21)15-8-16(24-3)10-17(9-15)25-4/h8-10,13-14H,5-7,11-12H2,1-4H3,(H,19,21)/t13-,14+. The largest absolute Gasteiger partial charge is 0.497 e. The number of rotatable bonds is 7. The Morgan fingerprint density at radius 1 is 1.12 bits per heavy atom. The van der Waals surface area contributed by atoms with Gasteiger partial charge in [0.1, 0.15) is 11.5 Å². The number of benzene rings is 1. The van der Waals surface area contributed by atoms with Gasteiger partial charge < -0.3 is 14.8 Å². The third-order valence-corrected chi connectivity index (χ3v) is 6.29. The van der Waals surface area contributed by atoms with Crippen molar-refractivity contribution < 1.29 is 22.7 Å². The Bertz CT molecular complexity index is 703. The molecule has 1 aromatic carbocycles. The van der Waals surface area contributed by atoms with E-state index in [0.29, 0.717) is 42.0 Å². The van der Waals surface area contributed by atoms with E-state index in [1.807, 2.05) is 0 Å². The van der Waals surface area contributed by atoms with Crippen molar-refractivity contribution in [1.29, 1.82) is 0 Å². The Morgan fingerprint density at radius 3 is 2.15 bits per heavy atom. The van der Waals surface area contributed by atoms with Crippen molar-refractivity contribution in [3.63, 3.8) is 0 Å². The number of carbonyl (C=O) groups excluding carboxylic acids is 1. The molecule has 1 fully saturated rings. The van der Waals surface area contributed by atoms with Gasteiger partial charge in [0.15, 0.2) is 0 Å². The molecular weight excluding hydrogens is 356 g/mol. The summed E-state index contributed by atoms with van der Waals surface area (Å²) in [5, 5.41) is 2.66. The molecule has 0 aliphatic carbocycles. The number of amides is 1. The molecule has 0 unspecified atom stereocenters. The van der Waals surface area contributed by atoms with Crippen LogP contribution in [0, 0.1) is 11.8 Å². The zero-order chi connectivity index (χ0) is 19.3. The van der Waals surface area contributed by atoms with Crippen LogP contribution in [-0.4, -0.2) is 58.2 Å². The topological polar surface area (TPSA) is 84.9 Å². The number of sulfonamides is 1. The smallest absolute Gasteiger partial charge is 0.251 e. The Kier molecular flexibility index (Phi) is 6.88. The van der Waals surface area contributed by atoms with Gasteiger partial charge in [-0.25, -0.2) is 12.7 Å². The zero-order valence-corrected chi connectivity index (χ0v) is 16.6. The molecule has 0 radical (unpaired) electrons. The second-order valence-electron chi connectivity index (χ2n) is 6.94. The minimum Gasteiger partial charge on any atom is -0.497 e. The van der Waals surface area contributed by atoms with E-state index < -0.39 is 10.0 Å². The molecule has 1 aromatic rings. The highest BCUT2D eigenvalue weighted by Gasteiger charge is 2.30. The number of nitrogens with one attached hydrogen (secondary N) is 1. The van der Waals surface area contributed by atoms with Crippen LogP contribution >= 0.6 is 0 Å². The third kappa shape index (κ3) is 5.35. The van der Waals surface area contributed by atoms with E-state index in [2.05, 4.69) is 19.2 Å². The lowest BCUT2D eigenvalue weighted by molar-refractivity contribution is 0.0955. The van der Waals surface area contributed by atoms with E-state index in [0.717, 1.165) is 6.42 Å². The van der Waals surface area contributed by atoms with Crippen molar-refractivity contribution in [3.05, 3.63) is 23.8 Å². The number of ether oxygens (including phenoxy) is 2. The van der Waals surface area contributed by atoms with E-state index in [9.17, 15) is 13.2 Å². The summed E-state index contributed by atoms with van der Waals surface area (Å²) in [6.45, 7) is 5.29. The average Bonchev–Trinajstić information content (AvgIpc) is 2.60. The monoisotopic (exact) mass is 384 g/mol. The van der Waals surface area contributed by atoms with Crippen LogP contribution in [0.15, 0.2) is 18.2 Å². The molecule has 8 heteroatoms. The summed E-state index contributed by atoms with van der Waals surface area (Å²) >= 11 is 0. The van der Waals surface area contributed by atoms with Gasteiger partial charge in [0.05, 0.1) is 20.0 Å². The summed E-state index contributed by atoms with van der Waals surface area (Å²) in [5.41, 5.74) is 0.360. The first-order chi connectivity index (χ1) is 12.2. The molecule has 1 saturated heterocycles. The minimum atomic E-state index is -3.38. The first-order valence-electron chi connectivity index (χ1n) is 8.74. The molecule has 2 atom stereocenters. The lowest BCUT2D eigenvalue weighted by Crippen LogP contribution is -2.45. The van der Waals surface area contributed by atoms with Gasteiger partial charge in [-0.05, 0) is 30.4 Å². The van der Waals surface area contributed by atoms with Crippen LogP contribution in [0.4, 0.5) is 0 Å². The molecule has 0 spiro atoms. The molecule has 1 aliphatic rings. The van der Waals surface area contributed by atoms with E-state index >= 15 is 0 Å². The number of nitrogens with zero attached hydrogens (tertiary/aromatic N) is 1. The van der Waals surface area contributed by atoms with Gasteiger partial charge in [0.2, 0.25) is 10.0 Å². The molecule has 146 valence electrons. The fraction of sp³-hybridized carbons (Fsp3) is 0.611. The van der Waals surface area contributed by atoms with Crippen LogP contribution in [-0.2, 0) is 10.0 Å². The van der Waals surface area contributed by atoms with E-state index in [-0.39, 0.29) is 18.2 Å². The Hall–Kier alpha value is -1.80. The first kappa shape index (κ1) is 20.5. The van der Waals surface area contributed by atoms with Crippen molar-refractivity contribution in [2.75, 3.05) is 39.6 Å². The van der Waals surface area contributed by atoms with Gasteiger partial charge in [-0.1, -0.05) is 13.8 Å². The predicted octanol–water partition coefficient (Wildman–Crippen LogP) is 1.74. The fourth-order valence-corrected chi connectivity index (χ4v) is 4.88. The molecule has 1 N–H and O–H groups in total. The van der Waals surface area contributed by atoms with Crippen molar-refractivity contribution >= 4 is 15.9 Å². The van der Waals surface area contributed by atoms with Crippen LogP contribution in [0.25, 0.3) is 0 Å². The van der Waals surface area contributed by atoms with Crippen molar-refractivity contribution in [3.8, 4) is 11.5 Å². The van der Waals surface area contributed by atoms with E-state index in [1.54, 1.807) is 22.5 Å². The highest BCUT2D eigenvalue weighted by molar-refractivity contribution is 7.89. The molecule has 0 aromatic heterocycles. The van der Waals surface area contributed by atoms with Gasteiger partial charge in [-0.2, -0.15) is 0 Å². The second-order valence-corrected chi connectivity index (χ2v) is 9.02. The average molecular weight is 384 g/mol. The molecular formula is C18H28N2O5S. The predicted molar refractivity (Wildman–Crippen MR) is 100 cm³/mol. The van der Waals surface area contributed by atoms with Crippen molar-refractivity contribution in [2.24, 2.45) is 11.8 Å².